The van der Waals surface area contributed by atoms with Crippen molar-refractivity contribution in [3.05, 3.63) is 70.5 Å². The molecule has 3 heterocycles. The average Bonchev–Trinajstić information content (AvgIpc) is 3.26. The van der Waals surface area contributed by atoms with Crippen LogP contribution in [0.2, 0.25) is 5.02 Å². The number of amides is 2. The predicted octanol–water partition coefficient (Wildman–Crippen LogP) is 4.35. The summed E-state index contributed by atoms with van der Waals surface area (Å²) in [4.78, 5) is 44.0. The largest absolute Gasteiger partial charge is 0.352 e. The molecule has 3 aliphatic heterocycles. The number of likely N-dealkylation sites (tertiary alicyclic amines) is 1. The van der Waals surface area contributed by atoms with Gasteiger partial charge in [-0.15, -0.1) is 0 Å². The highest BCUT2D eigenvalue weighted by Gasteiger charge is 2.64. The van der Waals surface area contributed by atoms with Crippen molar-refractivity contribution in [1.82, 2.24) is 4.90 Å². The van der Waals surface area contributed by atoms with Gasteiger partial charge in [0, 0.05) is 22.9 Å². The van der Waals surface area contributed by atoms with E-state index in [1.807, 2.05) is 24.8 Å². The highest BCUT2D eigenvalue weighted by molar-refractivity contribution is 6.34. The number of hydrogen-bond acceptors (Lipinski definition) is 4. The maximum atomic E-state index is 13.9. The zero-order valence-corrected chi connectivity index (χ0v) is 18.4. The number of benzene rings is 2. The van der Waals surface area contributed by atoms with Crippen LogP contribution in [0.5, 0.6) is 0 Å². The fourth-order valence-electron chi connectivity index (χ4n) is 5.30. The Balaban J connectivity index is 1.68. The summed E-state index contributed by atoms with van der Waals surface area (Å²) in [6, 6.07) is 9.40. The van der Waals surface area contributed by atoms with Crippen molar-refractivity contribution in [3.63, 3.8) is 0 Å². The van der Waals surface area contributed by atoms with Crippen molar-refractivity contribution >= 4 is 41.0 Å². The van der Waals surface area contributed by atoms with Crippen molar-refractivity contribution < 1.29 is 18.8 Å². The van der Waals surface area contributed by atoms with Crippen molar-refractivity contribution in [1.29, 1.82) is 0 Å². The Labute approximate surface area is 190 Å². The first-order chi connectivity index (χ1) is 15.3. The van der Waals surface area contributed by atoms with Gasteiger partial charge >= 0.3 is 0 Å². The number of ketones is 1. The zero-order chi connectivity index (χ0) is 22.7. The number of fused-ring (bicyclic) bond motifs is 5. The number of hydrogen-bond donors (Lipinski definition) is 0. The molecule has 0 aromatic heterocycles. The lowest BCUT2D eigenvalue weighted by Crippen LogP contribution is -2.50. The summed E-state index contributed by atoms with van der Waals surface area (Å²) in [5, 5.41) is 0.292. The topological polar surface area (TPSA) is 57.7 Å². The second-order valence-corrected chi connectivity index (χ2v) is 9.01. The lowest BCUT2D eigenvalue weighted by atomic mass is 9.86. The van der Waals surface area contributed by atoms with Crippen LogP contribution in [0.25, 0.3) is 6.08 Å². The van der Waals surface area contributed by atoms with Gasteiger partial charge in [0.2, 0.25) is 11.8 Å². The van der Waals surface area contributed by atoms with Gasteiger partial charge in [0.15, 0.2) is 5.78 Å². The minimum Gasteiger partial charge on any atom is -0.352 e. The molecule has 3 aliphatic rings. The molecule has 0 saturated carbocycles. The molecule has 0 N–H and O–H groups in total. The number of halogens is 2. The first-order valence-corrected chi connectivity index (χ1v) is 11.1. The van der Waals surface area contributed by atoms with Gasteiger partial charge in [-0.2, -0.15) is 0 Å². The molecule has 2 fully saturated rings. The fraction of sp³-hybridized carbons (Fsp3) is 0.320. The summed E-state index contributed by atoms with van der Waals surface area (Å²) in [7, 11) is 0. The van der Waals surface area contributed by atoms with Gasteiger partial charge < -0.3 is 4.90 Å². The van der Waals surface area contributed by atoms with Crippen molar-refractivity contribution in [2.24, 2.45) is 11.8 Å². The third-order valence-electron chi connectivity index (χ3n) is 6.94. The van der Waals surface area contributed by atoms with E-state index in [-0.39, 0.29) is 23.6 Å². The molecular weight excluding hydrogens is 431 g/mol. The molecule has 5 atom stereocenters. The summed E-state index contributed by atoms with van der Waals surface area (Å²) < 4.78 is 13.9. The molecule has 0 unspecified atom stereocenters. The molecular formula is C25H22ClFN2O3. The molecule has 5 rings (SSSR count). The van der Waals surface area contributed by atoms with Gasteiger partial charge in [-0.25, -0.2) is 4.39 Å². The van der Waals surface area contributed by atoms with E-state index in [1.165, 1.54) is 17.0 Å². The van der Waals surface area contributed by atoms with Crippen LogP contribution in [0.1, 0.15) is 36.2 Å². The van der Waals surface area contributed by atoms with Crippen LogP contribution >= 0.6 is 11.6 Å². The van der Waals surface area contributed by atoms with E-state index in [4.69, 9.17) is 11.6 Å². The van der Waals surface area contributed by atoms with Gasteiger partial charge in [-0.3, -0.25) is 19.3 Å². The highest BCUT2D eigenvalue weighted by Crippen LogP contribution is 2.49. The molecule has 32 heavy (non-hydrogen) atoms. The first-order valence-electron chi connectivity index (χ1n) is 10.8. The maximum absolute atomic E-state index is 13.9. The third kappa shape index (κ3) is 2.85. The van der Waals surface area contributed by atoms with Gasteiger partial charge in [0.05, 0.1) is 22.9 Å². The number of imide groups is 1. The van der Waals surface area contributed by atoms with E-state index < -0.39 is 29.7 Å². The molecule has 7 heteroatoms. The standard InChI is InChI=1S/C25H22ClFN2O3/c1-3-13(2)28-24(31)20-19-10-8-14-12-15(27)9-11-18(14)29(19)22(21(20)25(28)32)23(30)16-6-4-5-7-17(16)26/h4-13,19-22H,3H2,1-2H3/t13-,19-,20-,21-,22+/m0/s1. The van der Waals surface area contributed by atoms with Crippen LogP contribution in [0.3, 0.4) is 0 Å². The van der Waals surface area contributed by atoms with Gasteiger partial charge in [0.1, 0.15) is 11.9 Å². The first kappa shape index (κ1) is 20.9. The van der Waals surface area contributed by atoms with Crippen LogP contribution in [-0.2, 0) is 9.59 Å². The van der Waals surface area contributed by atoms with Gasteiger partial charge in [-0.05, 0) is 43.7 Å². The minimum absolute atomic E-state index is 0.251. The van der Waals surface area contributed by atoms with E-state index in [1.54, 1.807) is 36.4 Å². The van der Waals surface area contributed by atoms with Crippen LogP contribution < -0.4 is 4.90 Å². The summed E-state index contributed by atoms with van der Waals surface area (Å²) in [6.07, 6.45) is 4.21. The Bertz CT molecular complexity index is 1180. The molecule has 0 bridgehead atoms. The normalized spacial score (nSPS) is 26.8. The lowest BCUT2D eigenvalue weighted by molar-refractivity contribution is -0.142. The summed E-state index contributed by atoms with van der Waals surface area (Å²) in [6.45, 7) is 3.76. The molecule has 2 aromatic carbocycles. The smallest absolute Gasteiger partial charge is 0.236 e. The van der Waals surface area contributed by atoms with Crippen LogP contribution in [-0.4, -0.2) is 40.6 Å². The number of Topliss-reactive ketones (excluding diaryl/α,β-unsaturated/α-hetero) is 1. The van der Waals surface area contributed by atoms with E-state index in [0.29, 0.717) is 28.3 Å². The zero-order valence-electron chi connectivity index (χ0n) is 17.7. The van der Waals surface area contributed by atoms with Crippen LogP contribution in [0.15, 0.2) is 48.5 Å². The quantitative estimate of drug-likeness (QED) is 0.511. The number of anilines is 1. The van der Waals surface area contributed by atoms with E-state index in [0.717, 1.165) is 0 Å². The third-order valence-corrected chi connectivity index (χ3v) is 7.27. The van der Waals surface area contributed by atoms with E-state index in [2.05, 4.69) is 0 Å². The van der Waals surface area contributed by atoms with Crippen LogP contribution in [0.4, 0.5) is 10.1 Å². The summed E-state index contributed by atoms with van der Waals surface area (Å²) in [5.41, 5.74) is 1.55. The van der Waals surface area contributed by atoms with Crippen LogP contribution in [0, 0.1) is 17.7 Å². The second-order valence-electron chi connectivity index (χ2n) is 8.60. The summed E-state index contributed by atoms with van der Waals surface area (Å²) in [5.74, 6) is -2.80. The molecule has 2 aromatic rings. The van der Waals surface area contributed by atoms with Gasteiger partial charge in [0.25, 0.3) is 0 Å². The van der Waals surface area contributed by atoms with Crippen molar-refractivity contribution in [3.8, 4) is 0 Å². The van der Waals surface area contributed by atoms with Crippen molar-refractivity contribution in [2.45, 2.75) is 38.4 Å². The predicted molar refractivity (Wildman–Crippen MR) is 120 cm³/mol. The molecule has 2 amide bonds. The molecule has 5 nitrogen and oxygen atoms in total. The fourth-order valence-corrected chi connectivity index (χ4v) is 5.53. The SMILES string of the molecule is CC[C@H](C)N1C(=O)[C@@H]2[C@H](C1=O)[C@H](C(=O)c1ccccc1Cl)N1c3ccc(F)cc3C=C[C@@H]21. The Morgan fingerprint density at radius 3 is 2.56 bits per heavy atom. The molecule has 0 radical (unpaired) electrons. The number of nitrogens with zero attached hydrogens (tertiary/aromatic N) is 2. The van der Waals surface area contributed by atoms with Crippen molar-refractivity contribution in [2.75, 3.05) is 4.90 Å². The number of rotatable bonds is 4. The van der Waals surface area contributed by atoms with E-state index in [9.17, 15) is 18.8 Å². The number of carbonyl (C=O) groups is 3. The van der Waals surface area contributed by atoms with Gasteiger partial charge in [-0.1, -0.05) is 42.8 Å². The molecule has 2 saturated heterocycles. The average molecular weight is 453 g/mol. The Hall–Kier alpha value is -2.99. The molecule has 164 valence electrons. The molecule has 0 spiro atoms. The monoisotopic (exact) mass is 452 g/mol. The second kappa shape index (κ2) is 7.55. The molecule has 0 aliphatic carbocycles. The minimum atomic E-state index is -0.912. The van der Waals surface area contributed by atoms with E-state index >= 15 is 0 Å². The lowest BCUT2D eigenvalue weighted by Gasteiger charge is -2.37. The number of carbonyl (C=O) groups excluding carboxylic acids is 3. The Kier molecular flexibility index (Phi) is 4.93. The Morgan fingerprint density at radius 2 is 1.84 bits per heavy atom. The maximum Gasteiger partial charge on any atom is 0.236 e. The summed E-state index contributed by atoms with van der Waals surface area (Å²) >= 11 is 6.34. The Morgan fingerprint density at radius 1 is 1.12 bits per heavy atom. The highest BCUT2D eigenvalue weighted by atomic mass is 35.5.